The fraction of sp³-hybridized carbons (Fsp3) is 0. The summed E-state index contributed by atoms with van der Waals surface area (Å²) in [7, 11) is 0. The maximum Gasteiger partial charge on any atom is 0.0849 e. The van der Waals surface area contributed by atoms with E-state index in [9.17, 15) is 0 Å². The zero-order valence-corrected chi connectivity index (χ0v) is 15.2. The first-order chi connectivity index (χ1) is 12.1. The predicted molar refractivity (Wildman–Crippen MR) is 104 cm³/mol. The number of H-pyrrole nitrogens is 1. The SMILES string of the molecule is Nc1cncc(-n2cccn2)c1.Nc1cncc(I)c1.c1cn[nH]n1. The Balaban J connectivity index is 0.000000149. The molecule has 0 saturated heterocycles. The van der Waals surface area contributed by atoms with Crippen LogP contribution < -0.4 is 11.5 Å². The number of hydrogen-bond acceptors (Lipinski definition) is 7. The Bertz CT molecular complexity index is 813. The zero-order valence-electron chi connectivity index (χ0n) is 13.1. The number of anilines is 2. The molecule has 128 valence electrons. The van der Waals surface area contributed by atoms with Crippen LogP contribution in [0.4, 0.5) is 11.4 Å². The number of aromatic nitrogens is 7. The molecule has 0 bridgehead atoms. The molecule has 4 heterocycles. The van der Waals surface area contributed by atoms with E-state index < -0.39 is 0 Å². The lowest BCUT2D eigenvalue weighted by molar-refractivity contribution is 0.874. The average Bonchev–Trinajstić information content (AvgIpc) is 3.32. The molecule has 0 atom stereocenters. The summed E-state index contributed by atoms with van der Waals surface area (Å²) >= 11 is 2.16. The van der Waals surface area contributed by atoms with Crippen LogP contribution in [0.15, 0.2) is 67.8 Å². The molecule has 10 heteroatoms. The largest absolute Gasteiger partial charge is 0.397 e. The molecule has 9 nitrogen and oxygen atoms in total. The minimum atomic E-state index is 0.642. The lowest BCUT2D eigenvalue weighted by Crippen LogP contribution is -1.96. The highest BCUT2D eigenvalue weighted by Gasteiger charge is 1.95. The third-order valence-electron chi connectivity index (χ3n) is 2.57. The van der Waals surface area contributed by atoms with Crippen LogP contribution in [0.25, 0.3) is 5.69 Å². The quantitative estimate of drug-likeness (QED) is 0.378. The van der Waals surface area contributed by atoms with Gasteiger partial charge in [-0.15, -0.1) is 0 Å². The van der Waals surface area contributed by atoms with E-state index in [1.54, 1.807) is 48.1 Å². The van der Waals surface area contributed by atoms with Crippen LogP contribution in [-0.2, 0) is 0 Å². The Hall–Kier alpha value is -3.02. The molecule has 0 amide bonds. The van der Waals surface area contributed by atoms with Crippen molar-refractivity contribution < 1.29 is 0 Å². The van der Waals surface area contributed by atoms with Crippen molar-refractivity contribution in [3.63, 3.8) is 0 Å². The molecular weight excluding hydrogens is 433 g/mol. The molecule has 0 aromatic carbocycles. The number of hydrogen-bond donors (Lipinski definition) is 3. The topological polar surface area (TPSA) is 137 Å². The minimum absolute atomic E-state index is 0.642. The van der Waals surface area contributed by atoms with Gasteiger partial charge in [-0.05, 0) is 40.8 Å². The van der Waals surface area contributed by atoms with E-state index in [0.29, 0.717) is 5.69 Å². The highest BCUT2D eigenvalue weighted by Crippen LogP contribution is 2.07. The summed E-state index contributed by atoms with van der Waals surface area (Å²) in [5.74, 6) is 0. The molecule has 4 aromatic heterocycles. The molecule has 0 unspecified atom stereocenters. The predicted octanol–water partition coefficient (Wildman–Crippen LogP) is 1.92. The smallest absolute Gasteiger partial charge is 0.0849 e. The van der Waals surface area contributed by atoms with Crippen molar-refractivity contribution in [1.82, 2.24) is 35.2 Å². The first-order valence-electron chi connectivity index (χ1n) is 7.01. The molecule has 5 N–H and O–H groups in total. The number of aromatic amines is 1. The van der Waals surface area contributed by atoms with E-state index in [1.165, 1.54) is 0 Å². The van der Waals surface area contributed by atoms with Gasteiger partial charge in [0.15, 0.2) is 0 Å². The van der Waals surface area contributed by atoms with Gasteiger partial charge in [0.25, 0.3) is 0 Å². The summed E-state index contributed by atoms with van der Waals surface area (Å²) in [5.41, 5.74) is 13.2. The number of halogens is 1. The summed E-state index contributed by atoms with van der Waals surface area (Å²) in [6.45, 7) is 0. The van der Waals surface area contributed by atoms with Crippen molar-refractivity contribution in [3.05, 3.63) is 71.3 Å². The molecule has 25 heavy (non-hydrogen) atoms. The van der Waals surface area contributed by atoms with Gasteiger partial charge in [-0.1, -0.05) is 0 Å². The highest BCUT2D eigenvalue weighted by atomic mass is 127. The van der Waals surface area contributed by atoms with Gasteiger partial charge < -0.3 is 11.5 Å². The Morgan fingerprint density at radius 2 is 1.56 bits per heavy atom. The van der Waals surface area contributed by atoms with Crippen LogP contribution in [0.2, 0.25) is 0 Å². The van der Waals surface area contributed by atoms with Crippen molar-refractivity contribution in [2.75, 3.05) is 11.5 Å². The lowest BCUT2D eigenvalue weighted by atomic mass is 10.4. The van der Waals surface area contributed by atoms with Crippen molar-refractivity contribution in [1.29, 1.82) is 0 Å². The number of nitrogens with one attached hydrogen (secondary N) is 1. The molecule has 0 aliphatic rings. The third kappa shape index (κ3) is 6.95. The van der Waals surface area contributed by atoms with Gasteiger partial charge in [0, 0.05) is 34.6 Å². The normalized spacial score (nSPS) is 9.32. The van der Waals surface area contributed by atoms with E-state index in [-0.39, 0.29) is 0 Å². The number of rotatable bonds is 1. The first kappa shape index (κ1) is 18.3. The summed E-state index contributed by atoms with van der Waals surface area (Å²) in [6, 6.07) is 5.54. The Labute approximate surface area is 157 Å². The molecule has 0 aliphatic heterocycles. The van der Waals surface area contributed by atoms with E-state index >= 15 is 0 Å². The summed E-state index contributed by atoms with van der Waals surface area (Å²) in [4.78, 5) is 7.81. The van der Waals surface area contributed by atoms with Crippen molar-refractivity contribution in [2.45, 2.75) is 0 Å². The second kappa shape index (κ2) is 9.97. The summed E-state index contributed by atoms with van der Waals surface area (Å²) in [6.07, 6.45) is 13.4. The fourth-order valence-electron chi connectivity index (χ4n) is 1.59. The van der Waals surface area contributed by atoms with E-state index in [4.69, 9.17) is 11.5 Å². The first-order valence-corrected chi connectivity index (χ1v) is 8.09. The monoisotopic (exact) mass is 449 g/mol. The van der Waals surface area contributed by atoms with Crippen LogP contribution in [-0.4, -0.2) is 35.2 Å². The average molecular weight is 449 g/mol. The van der Waals surface area contributed by atoms with Gasteiger partial charge in [-0.25, -0.2) is 4.68 Å². The van der Waals surface area contributed by atoms with E-state index in [2.05, 4.69) is 53.1 Å². The molecule has 4 aromatic rings. The van der Waals surface area contributed by atoms with E-state index in [1.807, 2.05) is 24.4 Å². The fourth-order valence-corrected chi connectivity index (χ4v) is 2.11. The number of pyridine rings is 2. The molecule has 0 fully saturated rings. The number of nitrogen functional groups attached to an aromatic ring is 2. The second-order valence-electron chi connectivity index (χ2n) is 4.52. The Morgan fingerprint density at radius 3 is 2.00 bits per heavy atom. The third-order valence-corrected chi connectivity index (χ3v) is 3.16. The zero-order chi connectivity index (χ0) is 17.9. The highest BCUT2D eigenvalue weighted by molar-refractivity contribution is 14.1. The van der Waals surface area contributed by atoms with Crippen LogP contribution in [0.3, 0.4) is 0 Å². The van der Waals surface area contributed by atoms with Crippen molar-refractivity contribution in [2.24, 2.45) is 0 Å². The molecule has 0 saturated carbocycles. The molecule has 0 aliphatic carbocycles. The van der Waals surface area contributed by atoms with Gasteiger partial charge >= 0.3 is 0 Å². The van der Waals surface area contributed by atoms with Crippen LogP contribution >= 0.6 is 22.6 Å². The van der Waals surface area contributed by atoms with Crippen LogP contribution in [0.5, 0.6) is 0 Å². The van der Waals surface area contributed by atoms with Crippen LogP contribution in [0.1, 0.15) is 0 Å². The van der Waals surface area contributed by atoms with Gasteiger partial charge in [0.2, 0.25) is 0 Å². The maximum absolute atomic E-state index is 5.56. The standard InChI is InChI=1S/C8H8N4.C5H5IN2.C2H3N3/c9-7-4-8(6-10-5-7)12-3-1-2-11-12;6-4-1-5(7)3-8-2-4;1-2-4-5-3-1/h1-6H,9H2;1-3H,7H2;1-2H,(H,3,4,5). The minimum Gasteiger partial charge on any atom is -0.397 e. The van der Waals surface area contributed by atoms with E-state index in [0.717, 1.165) is 14.9 Å². The summed E-state index contributed by atoms with van der Waals surface area (Å²) < 4.78 is 2.78. The Morgan fingerprint density at radius 1 is 0.880 bits per heavy atom. The molecular formula is C15H16IN9. The molecule has 0 spiro atoms. The van der Waals surface area contributed by atoms with Crippen LogP contribution in [0, 0.1) is 3.57 Å². The second-order valence-corrected chi connectivity index (χ2v) is 5.77. The van der Waals surface area contributed by atoms with Crippen molar-refractivity contribution >= 4 is 34.0 Å². The molecule has 4 rings (SSSR count). The van der Waals surface area contributed by atoms with Gasteiger partial charge in [0.1, 0.15) is 0 Å². The lowest BCUT2D eigenvalue weighted by Gasteiger charge is -1.99. The maximum atomic E-state index is 5.56. The number of nitrogens with zero attached hydrogens (tertiary/aromatic N) is 6. The summed E-state index contributed by atoms with van der Waals surface area (Å²) in [5, 5.41) is 13.4. The molecule has 0 radical (unpaired) electrons. The van der Waals surface area contributed by atoms with Gasteiger partial charge in [0.05, 0.1) is 35.7 Å². The Kier molecular flexibility index (Phi) is 7.31. The van der Waals surface area contributed by atoms with Gasteiger partial charge in [-0.3, -0.25) is 9.97 Å². The number of nitrogens with two attached hydrogens (primary N) is 2. The van der Waals surface area contributed by atoms with Gasteiger partial charge in [-0.2, -0.15) is 20.5 Å². The van der Waals surface area contributed by atoms with Crippen molar-refractivity contribution in [3.8, 4) is 5.69 Å².